The Hall–Kier alpha value is -2.88. The van der Waals surface area contributed by atoms with Crippen LogP contribution in [0.5, 0.6) is 0 Å². The van der Waals surface area contributed by atoms with Crippen molar-refractivity contribution in [1.29, 1.82) is 0 Å². The highest BCUT2D eigenvalue weighted by Gasteiger charge is 2.43. The molecule has 2 bridgehead atoms. The number of hydrogen-bond acceptors (Lipinski definition) is 4. The Bertz CT molecular complexity index is 996. The first kappa shape index (κ1) is 15.2. The number of nitrogens with zero attached hydrogens (tertiary/aromatic N) is 3. The average molecular weight is 354 g/mol. The van der Waals surface area contributed by atoms with E-state index in [1.54, 1.807) is 0 Å². The van der Waals surface area contributed by atoms with Crippen LogP contribution in [0, 0.1) is 0 Å². The zero-order valence-corrected chi connectivity index (χ0v) is 15.2. The van der Waals surface area contributed by atoms with Crippen molar-refractivity contribution in [3.8, 4) is 0 Å². The summed E-state index contributed by atoms with van der Waals surface area (Å²) in [5, 5.41) is 3.41. The predicted molar refractivity (Wildman–Crippen MR) is 108 cm³/mol. The van der Waals surface area contributed by atoms with Gasteiger partial charge in [-0.1, -0.05) is 42.5 Å². The minimum Gasteiger partial charge on any atom is -0.349 e. The first-order valence-corrected chi connectivity index (χ1v) is 9.92. The summed E-state index contributed by atoms with van der Waals surface area (Å²) in [6, 6.07) is 21.8. The molecule has 1 saturated carbocycles. The second kappa shape index (κ2) is 5.81. The smallest absolute Gasteiger partial charge is 0.229 e. The fraction of sp³-hybridized carbons (Fsp3) is 0.304. The Morgan fingerprint density at radius 1 is 0.852 bits per heavy atom. The Labute approximate surface area is 159 Å². The number of fused-ring (bicyclic) bond motifs is 5. The lowest BCUT2D eigenvalue weighted by atomic mass is 9.99. The first-order chi connectivity index (χ1) is 13.3. The molecule has 1 aliphatic heterocycles. The van der Waals surface area contributed by atoms with Crippen molar-refractivity contribution >= 4 is 17.5 Å². The summed E-state index contributed by atoms with van der Waals surface area (Å²) in [5.74, 6) is 3.04. The van der Waals surface area contributed by atoms with Gasteiger partial charge in [0.25, 0.3) is 0 Å². The molecule has 2 heterocycles. The fourth-order valence-corrected chi connectivity index (χ4v) is 4.69. The van der Waals surface area contributed by atoms with Crippen LogP contribution in [0.15, 0.2) is 60.7 Å². The first-order valence-electron chi connectivity index (χ1n) is 9.92. The van der Waals surface area contributed by atoms with Crippen molar-refractivity contribution in [3.05, 3.63) is 77.5 Å². The number of anilines is 3. The Morgan fingerprint density at radius 3 is 2.44 bits per heavy atom. The SMILES string of the molecule is c1ccc(Nc2nc(C3CC3)cc(N3C[C@H]4C[C@H]3c3ccccc34)n2)cc1. The maximum absolute atomic E-state index is 4.92. The normalized spacial score (nSPS) is 22.7. The summed E-state index contributed by atoms with van der Waals surface area (Å²) in [6.07, 6.45) is 3.70. The van der Waals surface area contributed by atoms with Crippen LogP contribution in [-0.4, -0.2) is 16.5 Å². The van der Waals surface area contributed by atoms with Gasteiger partial charge in [-0.05, 0) is 42.5 Å². The molecule has 4 nitrogen and oxygen atoms in total. The summed E-state index contributed by atoms with van der Waals surface area (Å²) in [4.78, 5) is 12.2. The molecule has 0 spiro atoms. The van der Waals surface area contributed by atoms with E-state index in [1.165, 1.54) is 36.1 Å². The third kappa shape index (κ3) is 2.59. The number of nitrogens with one attached hydrogen (secondary N) is 1. The van der Waals surface area contributed by atoms with Gasteiger partial charge in [-0.3, -0.25) is 0 Å². The molecule has 1 saturated heterocycles. The Balaban J connectivity index is 1.37. The van der Waals surface area contributed by atoms with E-state index in [1.807, 2.05) is 18.2 Å². The van der Waals surface area contributed by atoms with E-state index in [2.05, 4.69) is 52.7 Å². The van der Waals surface area contributed by atoms with Gasteiger partial charge in [-0.25, -0.2) is 4.98 Å². The van der Waals surface area contributed by atoms with Crippen molar-refractivity contribution in [3.63, 3.8) is 0 Å². The summed E-state index contributed by atoms with van der Waals surface area (Å²) in [7, 11) is 0. The molecule has 0 amide bonds. The molecule has 2 atom stereocenters. The van der Waals surface area contributed by atoms with Crippen LogP contribution in [-0.2, 0) is 0 Å². The Kier molecular flexibility index (Phi) is 3.27. The number of rotatable bonds is 4. The summed E-state index contributed by atoms with van der Waals surface area (Å²) >= 11 is 0. The quantitative estimate of drug-likeness (QED) is 0.704. The van der Waals surface area contributed by atoms with E-state index in [0.29, 0.717) is 17.9 Å². The second-order valence-corrected chi connectivity index (χ2v) is 7.97. The third-order valence-corrected chi connectivity index (χ3v) is 6.15. The molecule has 3 aromatic rings. The van der Waals surface area contributed by atoms with Gasteiger partial charge in [-0.2, -0.15) is 4.98 Å². The van der Waals surface area contributed by atoms with Crippen molar-refractivity contribution in [1.82, 2.24) is 9.97 Å². The lowest BCUT2D eigenvalue weighted by Crippen LogP contribution is -2.28. The van der Waals surface area contributed by atoms with Crippen LogP contribution in [0.2, 0.25) is 0 Å². The molecule has 2 aromatic carbocycles. The van der Waals surface area contributed by atoms with Crippen molar-refractivity contribution < 1.29 is 0 Å². The molecular weight excluding hydrogens is 332 g/mol. The number of para-hydroxylation sites is 1. The molecule has 2 fully saturated rings. The van der Waals surface area contributed by atoms with Gasteiger partial charge in [0, 0.05) is 30.1 Å². The van der Waals surface area contributed by atoms with E-state index < -0.39 is 0 Å². The highest BCUT2D eigenvalue weighted by atomic mass is 15.3. The zero-order valence-electron chi connectivity index (χ0n) is 15.2. The number of hydrogen-bond donors (Lipinski definition) is 1. The van der Waals surface area contributed by atoms with Crippen molar-refractivity contribution in [2.24, 2.45) is 0 Å². The number of benzene rings is 2. The average Bonchev–Trinajstić information content (AvgIpc) is 3.39. The van der Waals surface area contributed by atoms with Gasteiger partial charge >= 0.3 is 0 Å². The van der Waals surface area contributed by atoms with E-state index >= 15 is 0 Å². The lowest BCUT2D eigenvalue weighted by molar-refractivity contribution is 0.727. The van der Waals surface area contributed by atoms with E-state index in [4.69, 9.17) is 9.97 Å². The molecule has 1 aromatic heterocycles. The molecule has 3 aliphatic rings. The van der Waals surface area contributed by atoms with Crippen LogP contribution >= 0.6 is 0 Å². The van der Waals surface area contributed by atoms with E-state index in [-0.39, 0.29) is 0 Å². The third-order valence-electron chi connectivity index (χ3n) is 6.15. The van der Waals surface area contributed by atoms with Gasteiger partial charge in [0.2, 0.25) is 5.95 Å². The highest BCUT2D eigenvalue weighted by molar-refractivity contribution is 5.59. The van der Waals surface area contributed by atoms with Gasteiger partial charge in [0.05, 0.1) is 11.7 Å². The monoisotopic (exact) mass is 354 g/mol. The molecule has 2 aliphatic carbocycles. The van der Waals surface area contributed by atoms with Crippen LogP contribution in [0.4, 0.5) is 17.5 Å². The maximum atomic E-state index is 4.92. The van der Waals surface area contributed by atoms with Crippen LogP contribution in [0.3, 0.4) is 0 Å². The predicted octanol–water partition coefficient (Wildman–Crippen LogP) is 5.15. The van der Waals surface area contributed by atoms with Gasteiger partial charge in [0.15, 0.2) is 0 Å². The van der Waals surface area contributed by atoms with Gasteiger partial charge in [0.1, 0.15) is 5.82 Å². The topological polar surface area (TPSA) is 41.1 Å². The zero-order chi connectivity index (χ0) is 17.8. The van der Waals surface area contributed by atoms with Crippen LogP contribution < -0.4 is 10.2 Å². The Morgan fingerprint density at radius 2 is 1.63 bits per heavy atom. The largest absolute Gasteiger partial charge is 0.349 e. The summed E-state index contributed by atoms with van der Waals surface area (Å²) in [5.41, 5.74) is 5.25. The van der Waals surface area contributed by atoms with Gasteiger partial charge in [-0.15, -0.1) is 0 Å². The number of aromatic nitrogens is 2. The minimum absolute atomic E-state index is 0.456. The standard InChI is InChI=1S/C23H22N4/c1-2-6-17(7-3-1)24-23-25-20(15-10-11-15)13-22(26-23)27-14-16-12-21(27)19-9-5-4-8-18(16)19/h1-9,13,15-16,21H,10-12,14H2,(H,24,25,26)/t16-,21+/m1/s1. The molecule has 27 heavy (non-hydrogen) atoms. The lowest BCUT2D eigenvalue weighted by Gasteiger charge is -2.30. The second-order valence-electron chi connectivity index (χ2n) is 7.97. The van der Waals surface area contributed by atoms with E-state index in [0.717, 1.165) is 24.0 Å². The van der Waals surface area contributed by atoms with Crippen LogP contribution in [0.25, 0.3) is 0 Å². The summed E-state index contributed by atoms with van der Waals surface area (Å²) < 4.78 is 0. The summed E-state index contributed by atoms with van der Waals surface area (Å²) in [6.45, 7) is 1.06. The maximum Gasteiger partial charge on any atom is 0.229 e. The van der Waals surface area contributed by atoms with Crippen LogP contribution in [0.1, 0.15) is 54.0 Å². The van der Waals surface area contributed by atoms with Gasteiger partial charge < -0.3 is 10.2 Å². The van der Waals surface area contributed by atoms with Crippen molar-refractivity contribution in [2.45, 2.75) is 37.1 Å². The minimum atomic E-state index is 0.456. The molecule has 4 heteroatoms. The van der Waals surface area contributed by atoms with Crippen molar-refractivity contribution in [2.75, 3.05) is 16.8 Å². The molecule has 0 radical (unpaired) electrons. The molecular formula is C23H22N4. The molecule has 134 valence electrons. The molecule has 0 unspecified atom stereocenters. The molecule has 1 N–H and O–H groups in total. The molecule has 6 rings (SSSR count). The highest BCUT2D eigenvalue weighted by Crippen LogP contribution is 2.51. The van der Waals surface area contributed by atoms with E-state index in [9.17, 15) is 0 Å². The fourth-order valence-electron chi connectivity index (χ4n) is 4.69.